The first-order valence-corrected chi connectivity index (χ1v) is 12.1. The molecule has 1 aliphatic heterocycles. The molecule has 0 unspecified atom stereocenters. The number of hydrogen-bond acceptors (Lipinski definition) is 6. The number of methoxy groups -OCH3 is 2. The van der Waals surface area contributed by atoms with Crippen molar-refractivity contribution in [3.05, 3.63) is 109 Å². The molecule has 35 heavy (non-hydrogen) atoms. The zero-order valence-corrected chi connectivity index (χ0v) is 20.5. The number of rotatable bonds is 5. The lowest BCUT2D eigenvalue weighted by molar-refractivity contribution is -0.136. The van der Waals surface area contributed by atoms with Crippen molar-refractivity contribution in [2.45, 2.75) is 19.4 Å². The minimum Gasteiger partial charge on any atom is -0.496 e. The van der Waals surface area contributed by atoms with Gasteiger partial charge in [0.05, 0.1) is 36.1 Å². The van der Waals surface area contributed by atoms with Gasteiger partial charge in [-0.05, 0) is 34.9 Å². The number of benzene rings is 3. The van der Waals surface area contributed by atoms with Crippen molar-refractivity contribution in [1.29, 1.82) is 0 Å². The van der Waals surface area contributed by atoms with Gasteiger partial charge in [0.2, 0.25) is 0 Å². The molecule has 0 radical (unpaired) electrons. The van der Waals surface area contributed by atoms with Gasteiger partial charge in [-0.15, -0.1) is 0 Å². The van der Waals surface area contributed by atoms with E-state index in [2.05, 4.69) is 0 Å². The summed E-state index contributed by atoms with van der Waals surface area (Å²) in [5.74, 6) is 0.197. The van der Waals surface area contributed by atoms with Crippen molar-refractivity contribution >= 4 is 34.2 Å². The van der Waals surface area contributed by atoms with Gasteiger partial charge >= 0.3 is 5.97 Å². The first-order valence-electron chi connectivity index (χ1n) is 11.3. The van der Waals surface area contributed by atoms with Crippen molar-refractivity contribution in [2.24, 2.45) is 4.99 Å². The van der Waals surface area contributed by atoms with E-state index < -0.39 is 12.0 Å². The van der Waals surface area contributed by atoms with E-state index in [0.717, 1.165) is 21.9 Å². The molecule has 0 bridgehead atoms. The van der Waals surface area contributed by atoms with E-state index in [4.69, 9.17) is 14.5 Å². The molecule has 1 aliphatic rings. The van der Waals surface area contributed by atoms with Crippen LogP contribution < -0.4 is 19.6 Å². The van der Waals surface area contributed by atoms with E-state index >= 15 is 0 Å². The van der Waals surface area contributed by atoms with E-state index in [1.807, 2.05) is 79.7 Å². The van der Waals surface area contributed by atoms with Crippen LogP contribution in [0.5, 0.6) is 5.75 Å². The topological polar surface area (TPSA) is 69.9 Å². The Bertz CT molecular complexity index is 1650. The first kappa shape index (κ1) is 22.8. The van der Waals surface area contributed by atoms with Gasteiger partial charge in [-0.1, -0.05) is 78.9 Å². The van der Waals surface area contributed by atoms with Crippen LogP contribution in [0.3, 0.4) is 0 Å². The zero-order valence-electron chi connectivity index (χ0n) is 19.6. The van der Waals surface area contributed by atoms with Crippen molar-refractivity contribution in [1.82, 2.24) is 4.57 Å². The van der Waals surface area contributed by atoms with Crippen LogP contribution >= 0.6 is 11.3 Å². The third-order valence-electron chi connectivity index (χ3n) is 6.19. The normalized spacial score (nSPS) is 15.6. The predicted molar refractivity (Wildman–Crippen MR) is 137 cm³/mol. The van der Waals surface area contributed by atoms with Crippen LogP contribution in [0.15, 0.2) is 87.8 Å². The smallest absolute Gasteiger partial charge is 0.338 e. The number of fused-ring (bicyclic) bond motifs is 2. The molecule has 0 aliphatic carbocycles. The van der Waals surface area contributed by atoms with E-state index in [1.54, 1.807) is 11.7 Å². The third-order valence-corrected chi connectivity index (χ3v) is 7.17. The Balaban J connectivity index is 1.82. The van der Waals surface area contributed by atoms with Gasteiger partial charge in [-0.2, -0.15) is 0 Å². The largest absolute Gasteiger partial charge is 0.496 e. The second-order valence-corrected chi connectivity index (χ2v) is 9.11. The number of carbonyl (C=O) groups excluding carboxylic acids is 1. The van der Waals surface area contributed by atoms with Gasteiger partial charge in [-0.25, -0.2) is 9.79 Å². The molecule has 4 aromatic rings. The highest BCUT2D eigenvalue weighted by Gasteiger charge is 2.33. The summed E-state index contributed by atoms with van der Waals surface area (Å²) in [4.78, 5) is 32.0. The number of aromatic nitrogens is 1. The van der Waals surface area contributed by atoms with E-state index in [0.29, 0.717) is 32.8 Å². The Morgan fingerprint density at radius 1 is 1.06 bits per heavy atom. The van der Waals surface area contributed by atoms with Crippen molar-refractivity contribution in [3.8, 4) is 5.75 Å². The summed E-state index contributed by atoms with van der Waals surface area (Å²) >= 11 is 1.31. The maximum absolute atomic E-state index is 13.9. The fourth-order valence-corrected chi connectivity index (χ4v) is 5.55. The number of ether oxygens (including phenoxy) is 2. The molecule has 1 atom stereocenters. The molecule has 5 rings (SSSR count). The summed E-state index contributed by atoms with van der Waals surface area (Å²) in [5, 5.41) is 2.04. The SMILES string of the molecule is CCC1=C(C(=O)OC)[C@H](c2ccccc2)n2c(s/c(=C/c3c(OC)ccc4ccccc34)c2=O)=N1. The van der Waals surface area contributed by atoms with Gasteiger partial charge < -0.3 is 9.47 Å². The molecule has 0 N–H and O–H groups in total. The number of allylic oxidation sites excluding steroid dienone is 1. The lowest BCUT2D eigenvalue weighted by atomic mass is 9.95. The second kappa shape index (κ2) is 9.35. The number of carbonyl (C=O) groups is 1. The van der Waals surface area contributed by atoms with Gasteiger partial charge in [-0.3, -0.25) is 9.36 Å². The standard InChI is InChI=1S/C28H24N2O4S/c1-4-21-24(27(32)34-3)25(18-11-6-5-7-12-18)30-26(31)23(35-28(30)29-21)16-20-19-13-9-8-10-17(19)14-15-22(20)33-2/h5-16,25H,4H2,1-3H3/b23-16+/t25-/m0/s1. The number of esters is 1. The Hall–Kier alpha value is -3.97. The number of thiazole rings is 1. The minimum atomic E-state index is -0.619. The van der Waals surface area contributed by atoms with Crippen molar-refractivity contribution in [2.75, 3.05) is 14.2 Å². The fourth-order valence-electron chi connectivity index (χ4n) is 4.55. The summed E-state index contributed by atoms with van der Waals surface area (Å²) in [6.45, 7) is 1.94. The molecular formula is C28H24N2O4S. The monoisotopic (exact) mass is 484 g/mol. The van der Waals surface area contributed by atoms with Crippen LogP contribution in [-0.2, 0) is 9.53 Å². The summed E-state index contributed by atoms with van der Waals surface area (Å²) in [7, 11) is 2.97. The molecule has 176 valence electrons. The lowest BCUT2D eigenvalue weighted by Crippen LogP contribution is -2.40. The Kier molecular flexibility index (Phi) is 6.09. The maximum atomic E-state index is 13.9. The van der Waals surface area contributed by atoms with Crippen LogP contribution in [0.25, 0.3) is 16.8 Å². The molecule has 0 saturated carbocycles. The summed E-state index contributed by atoms with van der Waals surface area (Å²) in [6, 6.07) is 20.8. The molecule has 0 fully saturated rings. The van der Waals surface area contributed by atoms with Gasteiger partial charge in [0.15, 0.2) is 4.80 Å². The maximum Gasteiger partial charge on any atom is 0.338 e. The average Bonchev–Trinajstić information content (AvgIpc) is 3.22. The summed E-state index contributed by atoms with van der Waals surface area (Å²) < 4.78 is 12.9. The summed E-state index contributed by atoms with van der Waals surface area (Å²) in [6.07, 6.45) is 2.40. The molecular weight excluding hydrogens is 460 g/mol. The summed E-state index contributed by atoms with van der Waals surface area (Å²) in [5.41, 5.74) is 2.46. The molecule has 2 heterocycles. The lowest BCUT2D eigenvalue weighted by Gasteiger charge is -2.25. The van der Waals surface area contributed by atoms with Gasteiger partial charge in [0, 0.05) is 5.56 Å². The van der Waals surface area contributed by atoms with Crippen molar-refractivity contribution < 1.29 is 14.3 Å². The third kappa shape index (κ3) is 3.88. The quantitative estimate of drug-likeness (QED) is 0.402. The Labute approximate surface area is 206 Å². The van der Waals surface area contributed by atoms with Crippen LogP contribution in [0.1, 0.15) is 30.5 Å². The highest BCUT2D eigenvalue weighted by Crippen LogP contribution is 2.32. The predicted octanol–water partition coefficient (Wildman–Crippen LogP) is 3.96. The van der Waals surface area contributed by atoms with E-state index in [1.165, 1.54) is 18.4 Å². The molecule has 0 saturated heterocycles. The molecule has 0 amide bonds. The first-order chi connectivity index (χ1) is 17.1. The van der Waals surface area contributed by atoms with E-state index in [9.17, 15) is 9.59 Å². The highest BCUT2D eigenvalue weighted by molar-refractivity contribution is 7.07. The van der Waals surface area contributed by atoms with Gasteiger partial charge in [0.1, 0.15) is 5.75 Å². The van der Waals surface area contributed by atoms with Crippen molar-refractivity contribution in [3.63, 3.8) is 0 Å². The molecule has 1 aromatic heterocycles. The van der Waals surface area contributed by atoms with Crippen LogP contribution in [0.2, 0.25) is 0 Å². The minimum absolute atomic E-state index is 0.214. The number of hydrogen-bond donors (Lipinski definition) is 0. The Morgan fingerprint density at radius 2 is 1.80 bits per heavy atom. The zero-order chi connectivity index (χ0) is 24.5. The van der Waals surface area contributed by atoms with Crippen LogP contribution in [-0.4, -0.2) is 24.8 Å². The molecule has 0 spiro atoms. The molecule has 6 nitrogen and oxygen atoms in total. The molecule has 3 aromatic carbocycles. The average molecular weight is 485 g/mol. The highest BCUT2D eigenvalue weighted by atomic mass is 32.1. The van der Waals surface area contributed by atoms with Crippen LogP contribution in [0, 0.1) is 0 Å². The number of nitrogens with zero attached hydrogens (tertiary/aromatic N) is 2. The fraction of sp³-hybridized carbons (Fsp3) is 0.179. The molecule has 7 heteroatoms. The second-order valence-electron chi connectivity index (χ2n) is 8.10. The Morgan fingerprint density at radius 3 is 2.51 bits per heavy atom. The van der Waals surface area contributed by atoms with Gasteiger partial charge in [0.25, 0.3) is 5.56 Å². The van der Waals surface area contributed by atoms with E-state index in [-0.39, 0.29) is 5.56 Å². The van der Waals surface area contributed by atoms with Crippen LogP contribution in [0.4, 0.5) is 0 Å².